The fourth-order valence-electron chi connectivity index (χ4n) is 3.44. The van der Waals surface area contributed by atoms with Crippen molar-refractivity contribution in [1.29, 1.82) is 0 Å². The molecule has 1 aliphatic carbocycles. The molecule has 0 aromatic carbocycles. The van der Waals surface area contributed by atoms with Crippen LogP contribution in [-0.2, 0) is 17.5 Å². The van der Waals surface area contributed by atoms with Gasteiger partial charge in [-0.15, -0.1) is 0 Å². The summed E-state index contributed by atoms with van der Waals surface area (Å²) in [6, 6.07) is 3.25. The first-order chi connectivity index (χ1) is 14.7. The molecular formula is C21H25BrF3N5O. The van der Waals surface area contributed by atoms with E-state index < -0.39 is 12.0 Å². The number of carbonyl (C=O) groups excluding carboxylic acids is 1. The Morgan fingerprint density at radius 3 is 2.23 bits per heavy atom. The predicted molar refractivity (Wildman–Crippen MR) is 114 cm³/mol. The molecule has 2 fully saturated rings. The number of halogens is 4. The number of carbonyl (C=O) groups is 1. The molecular weight excluding hydrogens is 475 g/mol. The molecule has 10 heteroatoms. The zero-order valence-electron chi connectivity index (χ0n) is 17.3. The number of nitrogens with zero attached hydrogens (tertiary/aromatic N) is 3. The van der Waals surface area contributed by atoms with Crippen molar-refractivity contribution in [2.75, 3.05) is 0 Å². The lowest BCUT2D eigenvalue weighted by Gasteiger charge is -2.12. The van der Waals surface area contributed by atoms with Crippen LogP contribution in [-0.4, -0.2) is 33.4 Å². The third-order valence-corrected chi connectivity index (χ3v) is 6.02. The Balaban J connectivity index is 0.000000330. The molecule has 1 amide bonds. The fraction of sp³-hybridized carbons (Fsp3) is 0.524. The van der Waals surface area contributed by atoms with E-state index in [4.69, 9.17) is 0 Å². The Morgan fingerprint density at radius 1 is 1.16 bits per heavy atom. The van der Waals surface area contributed by atoms with Crippen molar-refractivity contribution < 1.29 is 18.0 Å². The third kappa shape index (κ3) is 6.46. The minimum Gasteiger partial charge on any atom is -0.353 e. The highest BCUT2D eigenvalue weighted by molar-refractivity contribution is 9.10. The summed E-state index contributed by atoms with van der Waals surface area (Å²) in [6.45, 7) is 4.72. The molecule has 1 saturated carbocycles. The Morgan fingerprint density at radius 2 is 1.77 bits per heavy atom. The third-order valence-electron chi connectivity index (χ3n) is 5.19. The Hall–Kier alpha value is -2.07. The van der Waals surface area contributed by atoms with Gasteiger partial charge in [-0.2, -0.15) is 13.2 Å². The highest BCUT2D eigenvalue weighted by Gasteiger charge is 2.34. The number of alkyl halides is 3. The van der Waals surface area contributed by atoms with E-state index in [0.717, 1.165) is 47.5 Å². The van der Waals surface area contributed by atoms with Gasteiger partial charge in [0.2, 0.25) is 12.2 Å². The van der Waals surface area contributed by atoms with Crippen LogP contribution < -0.4 is 10.6 Å². The molecule has 0 spiro atoms. The lowest BCUT2D eigenvalue weighted by molar-refractivity contribution is -0.145. The minimum absolute atomic E-state index is 0.241. The SMILES string of the molecule is CC1CCC(C)N1.O=CNCc1cc(-c2cnc(C(F)(F)F)nc2)c(Br)c(C2CC2)n1. The summed E-state index contributed by atoms with van der Waals surface area (Å²) in [5.74, 6) is -0.855. The van der Waals surface area contributed by atoms with Gasteiger partial charge in [0, 0.05) is 46.0 Å². The molecule has 2 aromatic rings. The fourth-order valence-corrected chi connectivity index (χ4v) is 4.20. The average molecular weight is 500 g/mol. The summed E-state index contributed by atoms with van der Waals surface area (Å²) in [5, 5.41) is 5.96. The second kappa shape index (κ2) is 10.0. The molecule has 1 aliphatic heterocycles. The van der Waals surface area contributed by atoms with Crippen LogP contribution in [0.1, 0.15) is 62.7 Å². The van der Waals surface area contributed by atoms with Crippen LogP contribution in [0.3, 0.4) is 0 Å². The van der Waals surface area contributed by atoms with E-state index in [-0.39, 0.29) is 6.54 Å². The first-order valence-corrected chi connectivity index (χ1v) is 11.0. The number of rotatable bonds is 5. The maximum atomic E-state index is 12.6. The average Bonchev–Trinajstić information content (AvgIpc) is 3.50. The van der Waals surface area contributed by atoms with E-state index >= 15 is 0 Å². The minimum atomic E-state index is -4.58. The molecule has 0 radical (unpaired) electrons. The molecule has 2 unspecified atom stereocenters. The lowest BCUT2D eigenvalue weighted by atomic mass is 10.1. The molecule has 0 bridgehead atoms. The molecule has 4 rings (SSSR count). The Bertz CT molecular complexity index is 895. The molecule has 3 heterocycles. The van der Waals surface area contributed by atoms with E-state index in [1.54, 1.807) is 6.07 Å². The molecule has 6 nitrogen and oxygen atoms in total. The van der Waals surface area contributed by atoms with Crippen LogP contribution in [0.2, 0.25) is 0 Å². The zero-order valence-corrected chi connectivity index (χ0v) is 18.9. The highest BCUT2D eigenvalue weighted by atomic mass is 79.9. The number of hydrogen-bond acceptors (Lipinski definition) is 5. The van der Waals surface area contributed by atoms with Crippen LogP contribution in [0.5, 0.6) is 0 Å². The van der Waals surface area contributed by atoms with Crippen molar-refractivity contribution in [3.05, 3.63) is 40.1 Å². The number of pyridine rings is 1. The van der Waals surface area contributed by atoms with Crippen LogP contribution in [0.25, 0.3) is 11.1 Å². The quantitative estimate of drug-likeness (QED) is 0.588. The number of hydrogen-bond donors (Lipinski definition) is 2. The summed E-state index contributed by atoms with van der Waals surface area (Å²) in [5.41, 5.74) is 2.58. The summed E-state index contributed by atoms with van der Waals surface area (Å²) in [4.78, 5) is 21.8. The maximum absolute atomic E-state index is 12.6. The second-order valence-electron chi connectivity index (χ2n) is 7.97. The van der Waals surface area contributed by atoms with E-state index in [1.807, 2.05) is 0 Å². The highest BCUT2D eigenvalue weighted by Crippen LogP contribution is 2.45. The molecule has 2 aliphatic rings. The van der Waals surface area contributed by atoms with Crippen molar-refractivity contribution in [1.82, 2.24) is 25.6 Å². The molecule has 2 N–H and O–H groups in total. The molecule has 2 atom stereocenters. The number of aromatic nitrogens is 3. The van der Waals surface area contributed by atoms with Gasteiger partial charge in [-0.1, -0.05) is 0 Å². The van der Waals surface area contributed by atoms with E-state index in [1.165, 1.54) is 12.8 Å². The van der Waals surface area contributed by atoms with Crippen molar-refractivity contribution >= 4 is 22.3 Å². The van der Waals surface area contributed by atoms with Crippen LogP contribution in [0.4, 0.5) is 13.2 Å². The molecule has 168 valence electrons. The van der Waals surface area contributed by atoms with Gasteiger partial charge >= 0.3 is 6.18 Å². The summed E-state index contributed by atoms with van der Waals surface area (Å²) in [6.07, 6.45) is 3.03. The van der Waals surface area contributed by atoms with Gasteiger partial charge in [0.1, 0.15) is 0 Å². The first kappa shape index (κ1) is 23.6. The van der Waals surface area contributed by atoms with Crippen LogP contribution in [0.15, 0.2) is 22.9 Å². The zero-order chi connectivity index (χ0) is 22.6. The Labute approximate surface area is 187 Å². The van der Waals surface area contributed by atoms with Crippen molar-refractivity contribution in [2.45, 2.75) is 70.3 Å². The van der Waals surface area contributed by atoms with Gasteiger partial charge in [0.15, 0.2) is 0 Å². The monoisotopic (exact) mass is 499 g/mol. The summed E-state index contributed by atoms with van der Waals surface area (Å²) in [7, 11) is 0. The molecule has 1 saturated heterocycles. The lowest BCUT2D eigenvalue weighted by Crippen LogP contribution is -2.23. The van der Waals surface area contributed by atoms with E-state index in [2.05, 4.69) is 55.4 Å². The van der Waals surface area contributed by atoms with E-state index in [9.17, 15) is 18.0 Å². The maximum Gasteiger partial charge on any atom is 0.451 e. The molecule has 31 heavy (non-hydrogen) atoms. The topological polar surface area (TPSA) is 79.8 Å². The Kier molecular flexibility index (Phi) is 7.64. The van der Waals surface area contributed by atoms with Gasteiger partial charge in [-0.25, -0.2) is 9.97 Å². The first-order valence-electron chi connectivity index (χ1n) is 10.2. The van der Waals surface area contributed by atoms with Crippen molar-refractivity contribution in [2.24, 2.45) is 0 Å². The predicted octanol–water partition coefficient (Wildman–Crippen LogP) is 4.59. The number of amides is 1. The second-order valence-corrected chi connectivity index (χ2v) is 8.77. The van der Waals surface area contributed by atoms with Crippen molar-refractivity contribution in [3.63, 3.8) is 0 Å². The standard InChI is InChI=1S/C15H12BrF3N4O.C6H13N/c16-12-11(9-4-21-14(22-5-9)15(17,18)19)3-10(6-20-7-24)23-13(12)8-1-2-8;1-5-3-4-6(2)7-5/h3-5,7-8H,1-2,6H2,(H,20,24);5-7H,3-4H2,1-2H3. The molecule has 2 aromatic heterocycles. The summed E-state index contributed by atoms with van der Waals surface area (Å²) < 4.78 is 38.5. The van der Waals surface area contributed by atoms with Crippen LogP contribution >= 0.6 is 15.9 Å². The van der Waals surface area contributed by atoms with Crippen LogP contribution in [0, 0.1) is 0 Å². The number of nitrogens with one attached hydrogen (secondary N) is 2. The van der Waals surface area contributed by atoms with Gasteiger partial charge in [-0.05, 0) is 61.5 Å². The normalized spacial score (nSPS) is 20.7. The summed E-state index contributed by atoms with van der Waals surface area (Å²) >= 11 is 3.49. The smallest absolute Gasteiger partial charge is 0.353 e. The van der Waals surface area contributed by atoms with Gasteiger partial charge in [-0.3, -0.25) is 9.78 Å². The van der Waals surface area contributed by atoms with Gasteiger partial charge in [0.05, 0.1) is 17.9 Å². The largest absolute Gasteiger partial charge is 0.451 e. The van der Waals surface area contributed by atoms with Gasteiger partial charge in [0.25, 0.3) is 0 Å². The van der Waals surface area contributed by atoms with E-state index in [0.29, 0.717) is 29.1 Å². The van der Waals surface area contributed by atoms with Crippen molar-refractivity contribution in [3.8, 4) is 11.1 Å². The van der Waals surface area contributed by atoms with Gasteiger partial charge < -0.3 is 10.6 Å².